The summed E-state index contributed by atoms with van der Waals surface area (Å²) in [6.45, 7) is 3.15. The lowest BCUT2D eigenvalue weighted by Gasteiger charge is -2.31. The molecule has 0 bridgehead atoms. The Morgan fingerprint density at radius 1 is 1.32 bits per heavy atom. The molecule has 2 rings (SSSR count). The summed E-state index contributed by atoms with van der Waals surface area (Å²) in [5.41, 5.74) is 0.740. The van der Waals surface area contributed by atoms with Gasteiger partial charge in [0.2, 0.25) is 0 Å². The Kier molecular flexibility index (Phi) is 6.07. The maximum atomic E-state index is 12.2. The van der Waals surface area contributed by atoms with Crippen LogP contribution in [-0.4, -0.2) is 42.3 Å². The molecule has 122 valence electrons. The normalized spacial score (nSPS) is 21.2. The molecule has 5 nitrogen and oxygen atoms in total. The van der Waals surface area contributed by atoms with Gasteiger partial charge in [-0.3, -0.25) is 0 Å². The second-order valence-corrected chi connectivity index (χ2v) is 5.88. The predicted octanol–water partition coefficient (Wildman–Crippen LogP) is 3.10. The van der Waals surface area contributed by atoms with E-state index in [4.69, 9.17) is 4.74 Å². The number of nitrogens with zero attached hydrogens (tertiary/aromatic N) is 1. The molecule has 1 saturated carbocycles. The highest BCUT2D eigenvalue weighted by Crippen LogP contribution is 2.25. The van der Waals surface area contributed by atoms with Gasteiger partial charge in [-0.25, -0.2) is 4.79 Å². The topological polar surface area (TPSA) is 61.8 Å². The van der Waals surface area contributed by atoms with Gasteiger partial charge in [0.15, 0.2) is 0 Å². The van der Waals surface area contributed by atoms with Crippen LogP contribution in [0.25, 0.3) is 0 Å². The number of hydrogen-bond donors (Lipinski definition) is 2. The highest BCUT2D eigenvalue weighted by atomic mass is 16.5. The molecule has 1 aliphatic carbocycles. The van der Waals surface area contributed by atoms with E-state index < -0.39 is 0 Å². The van der Waals surface area contributed by atoms with Crippen LogP contribution >= 0.6 is 0 Å². The summed E-state index contributed by atoms with van der Waals surface area (Å²) in [4.78, 5) is 13.9. The summed E-state index contributed by atoms with van der Waals surface area (Å²) in [6, 6.07) is 7.17. The minimum Gasteiger partial charge on any atom is -0.494 e. The number of aliphatic hydroxyl groups is 1. The van der Waals surface area contributed by atoms with Crippen LogP contribution in [0.1, 0.15) is 32.6 Å². The molecule has 1 aliphatic rings. The number of nitrogens with one attached hydrogen (secondary N) is 1. The fourth-order valence-corrected chi connectivity index (χ4v) is 2.86. The van der Waals surface area contributed by atoms with Crippen molar-refractivity contribution < 1.29 is 14.6 Å². The maximum absolute atomic E-state index is 12.2. The van der Waals surface area contributed by atoms with Gasteiger partial charge >= 0.3 is 6.03 Å². The minimum atomic E-state index is -0.283. The Morgan fingerprint density at radius 2 is 2.00 bits per heavy atom. The Hall–Kier alpha value is -1.75. The molecule has 0 spiro atoms. The first-order valence-corrected chi connectivity index (χ1v) is 8.03. The molecule has 0 saturated heterocycles. The van der Waals surface area contributed by atoms with Gasteiger partial charge in [-0.15, -0.1) is 0 Å². The summed E-state index contributed by atoms with van der Waals surface area (Å²) in [5.74, 6) is 0.976. The lowest BCUT2D eigenvalue weighted by Crippen LogP contribution is -2.40. The first kappa shape index (κ1) is 16.6. The van der Waals surface area contributed by atoms with Gasteiger partial charge in [-0.1, -0.05) is 12.8 Å². The molecule has 2 unspecified atom stereocenters. The van der Waals surface area contributed by atoms with Gasteiger partial charge in [0, 0.05) is 25.2 Å². The summed E-state index contributed by atoms with van der Waals surface area (Å²) < 4.78 is 5.37. The molecule has 1 aromatic rings. The first-order valence-electron chi connectivity index (χ1n) is 8.03. The molecular weight excluding hydrogens is 280 g/mol. The minimum absolute atomic E-state index is 0.151. The van der Waals surface area contributed by atoms with Crippen LogP contribution in [0.5, 0.6) is 5.75 Å². The largest absolute Gasteiger partial charge is 0.494 e. The van der Waals surface area contributed by atoms with Crippen LogP contribution in [0, 0.1) is 5.92 Å². The van der Waals surface area contributed by atoms with Gasteiger partial charge in [0.25, 0.3) is 0 Å². The van der Waals surface area contributed by atoms with Crippen LogP contribution in [-0.2, 0) is 0 Å². The Labute approximate surface area is 132 Å². The van der Waals surface area contributed by atoms with Crippen LogP contribution < -0.4 is 10.1 Å². The Bertz CT molecular complexity index is 475. The lowest BCUT2D eigenvalue weighted by atomic mass is 9.86. The van der Waals surface area contributed by atoms with Crippen LogP contribution in [0.15, 0.2) is 24.3 Å². The van der Waals surface area contributed by atoms with E-state index in [2.05, 4.69) is 5.32 Å². The average Bonchev–Trinajstić information content (AvgIpc) is 2.51. The van der Waals surface area contributed by atoms with Crippen molar-refractivity contribution in [3.05, 3.63) is 24.3 Å². The number of amides is 2. The van der Waals surface area contributed by atoms with E-state index in [9.17, 15) is 9.90 Å². The number of benzene rings is 1. The molecule has 2 amide bonds. The summed E-state index contributed by atoms with van der Waals surface area (Å²) >= 11 is 0. The van der Waals surface area contributed by atoms with Crippen LogP contribution in [0.4, 0.5) is 10.5 Å². The fourth-order valence-electron chi connectivity index (χ4n) is 2.86. The van der Waals surface area contributed by atoms with Crippen LogP contribution in [0.2, 0.25) is 0 Å². The molecule has 22 heavy (non-hydrogen) atoms. The molecule has 0 aromatic heterocycles. The third-order valence-electron chi connectivity index (χ3n) is 4.14. The quantitative estimate of drug-likeness (QED) is 0.878. The third kappa shape index (κ3) is 4.63. The van der Waals surface area contributed by atoms with Crippen molar-refractivity contribution in [1.29, 1.82) is 0 Å². The molecule has 0 radical (unpaired) electrons. The van der Waals surface area contributed by atoms with E-state index in [-0.39, 0.29) is 18.1 Å². The van der Waals surface area contributed by atoms with Crippen molar-refractivity contribution >= 4 is 11.7 Å². The number of urea groups is 1. The van der Waals surface area contributed by atoms with Crippen LogP contribution in [0.3, 0.4) is 0 Å². The lowest BCUT2D eigenvalue weighted by molar-refractivity contribution is 0.0575. The van der Waals surface area contributed by atoms with Gasteiger partial charge in [0.05, 0.1) is 12.7 Å². The molecule has 0 aliphatic heterocycles. The first-order chi connectivity index (χ1) is 10.6. The van der Waals surface area contributed by atoms with Gasteiger partial charge in [-0.05, 0) is 44.0 Å². The van der Waals surface area contributed by atoms with E-state index in [1.165, 1.54) is 0 Å². The van der Waals surface area contributed by atoms with Gasteiger partial charge in [-0.2, -0.15) is 0 Å². The Morgan fingerprint density at radius 3 is 2.64 bits per heavy atom. The van der Waals surface area contributed by atoms with Gasteiger partial charge in [0.1, 0.15) is 5.75 Å². The third-order valence-corrected chi connectivity index (χ3v) is 4.14. The molecule has 1 aromatic carbocycles. The SMILES string of the molecule is CCOc1ccc(NC(=O)N(C)CC2CCCCC2O)cc1. The zero-order valence-corrected chi connectivity index (χ0v) is 13.4. The second kappa shape index (κ2) is 8.03. The van der Waals surface area contributed by atoms with Crippen molar-refractivity contribution in [2.75, 3.05) is 25.5 Å². The number of carbonyl (C=O) groups excluding carboxylic acids is 1. The van der Waals surface area contributed by atoms with Crippen molar-refractivity contribution in [2.45, 2.75) is 38.7 Å². The van der Waals surface area contributed by atoms with E-state index >= 15 is 0 Å². The maximum Gasteiger partial charge on any atom is 0.321 e. The van der Waals surface area contributed by atoms with E-state index in [0.717, 1.165) is 37.1 Å². The number of hydrogen-bond acceptors (Lipinski definition) is 3. The van der Waals surface area contributed by atoms with E-state index in [0.29, 0.717) is 13.2 Å². The van der Waals surface area contributed by atoms with Crippen molar-refractivity contribution in [3.63, 3.8) is 0 Å². The molecule has 2 atom stereocenters. The zero-order chi connectivity index (χ0) is 15.9. The zero-order valence-electron chi connectivity index (χ0n) is 13.4. The monoisotopic (exact) mass is 306 g/mol. The number of aliphatic hydroxyl groups excluding tert-OH is 1. The highest BCUT2D eigenvalue weighted by molar-refractivity contribution is 5.89. The van der Waals surface area contributed by atoms with Crippen molar-refractivity contribution in [2.24, 2.45) is 5.92 Å². The molecule has 0 heterocycles. The fraction of sp³-hybridized carbons (Fsp3) is 0.588. The van der Waals surface area contributed by atoms with Gasteiger partial charge < -0.3 is 20.1 Å². The van der Waals surface area contributed by atoms with E-state index in [1.54, 1.807) is 11.9 Å². The number of ether oxygens (including phenoxy) is 1. The predicted molar refractivity (Wildman–Crippen MR) is 87.2 cm³/mol. The summed E-state index contributed by atoms with van der Waals surface area (Å²) in [7, 11) is 1.77. The molecule has 2 N–H and O–H groups in total. The van der Waals surface area contributed by atoms with Crippen molar-refractivity contribution in [3.8, 4) is 5.75 Å². The molecule has 1 fully saturated rings. The Balaban J connectivity index is 1.85. The average molecular weight is 306 g/mol. The summed E-state index contributed by atoms with van der Waals surface area (Å²) in [5, 5.41) is 12.9. The number of anilines is 1. The van der Waals surface area contributed by atoms with Crippen molar-refractivity contribution in [1.82, 2.24) is 4.90 Å². The smallest absolute Gasteiger partial charge is 0.321 e. The standard InChI is InChI=1S/C17H26N2O3/c1-3-22-15-10-8-14(9-11-15)18-17(21)19(2)12-13-6-4-5-7-16(13)20/h8-11,13,16,20H,3-7,12H2,1-2H3,(H,18,21). The highest BCUT2D eigenvalue weighted by Gasteiger charge is 2.25. The van der Waals surface area contributed by atoms with E-state index in [1.807, 2.05) is 31.2 Å². The summed E-state index contributed by atoms with van der Waals surface area (Å²) in [6.07, 6.45) is 3.77. The molecule has 5 heteroatoms. The second-order valence-electron chi connectivity index (χ2n) is 5.88. The number of rotatable bonds is 5. The number of carbonyl (C=O) groups is 1. The molecular formula is C17H26N2O3.